The minimum absolute atomic E-state index is 0.0431. The van der Waals surface area contributed by atoms with Crippen molar-refractivity contribution in [1.29, 1.82) is 0 Å². The van der Waals surface area contributed by atoms with Gasteiger partial charge in [0.15, 0.2) is 6.61 Å². The topological polar surface area (TPSA) is 67.4 Å². The van der Waals surface area contributed by atoms with E-state index >= 15 is 0 Å². The van der Waals surface area contributed by atoms with Crippen LogP contribution in [0.1, 0.15) is 30.0 Å². The highest BCUT2D eigenvalue weighted by atomic mass is 16.5. The van der Waals surface area contributed by atoms with E-state index in [0.29, 0.717) is 17.9 Å². The van der Waals surface area contributed by atoms with Crippen LogP contribution in [0.2, 0.25) is 0 Å². The fourth-order valence-electron chi connectivity index (χ4n) is 3.43. The van der Waals surface area contributed by atoms with Crippen LogP contribution in [0.4, 0.5) is 5.69 Å². The van der Waals surface area contributed by atoms with Gasteiger partial charge in [0.1, 0.15) is 5.75 Å². The Bertz CT molecular complexity index is 1020. The number of nitrogens with one attached hydrogen (secondary N) is 2. The van der Waals surface area contributed by atoms with Gasteiger partial charge in [-0.1, -0.05) is 66.7 Å². The maximum Gasteiger partial charge on any atom is 0.258 e. The molecule has 0 heterocycles. The molecule has 0 saturated heterocycles. The molecule has 1 fully saturated rings. The van der Waals surface area contributed by atoms with Crippen molar-refractivity contribution in [2.75, 3.05) is 11.9 Å². The first-order valence-electron chi connectivity index (χ1n) is 10.6. The number of carbonyl (C=O) groups excluding carboxylic acids is 2. The Hall–Kier alpha value is -3.60. The average molecular weight is 415 g/mol. The molecule has 2 amide bonds. The van der Waals surface area contributed by atoms with Crippen LogP contribution in [0.5, 0.6) is 5.75 Å². The van der Waals surface area contributed by atoms with Gasteiger partial charge >= 0.3 is 0 Å². The van der Waals surface area contributed by atoms with Crippen molar-refractivity contribution in [3.05, 3.63) is 96.1 Å². The molecule has 0 aromatic heterocycles. The highest BCUT2D eigenvalue weighted by molar-refractivity contribution is 5.94. The zero-order valence-corrected chi connectivity index (χ0v) is 17.3. The zero-order valence-electron chi connectivity index (χ0n) is 17.3. The summed E-state index contributed by atoms with van der Waals surface area (Å²) in [6.07, 6.45) is 2.60. The van der Waals surface area contributed by atoms with Gasteiger partial charge in [0.2, 0.25) is 5.91 Å². The van der Waals surface area contributed by atoms with Crippen molar-refractivity contribution in [2.45, 2.75) is 25.3 Å². The maximum atomic E-state index is 12.6. The Morgan fingerprint density at radius 3 is 2.32 bits per heavy atom. The fraction of sp³-hybridized carbons (Fsp3) is 0.231. The van der Waals surface area contributed by atoms with Crippen molar-refractivity contribution in [3.8, 4) is 5.75 Å². The van der Waals surface area contributed by atoms with E-state index < -0.39 is 0 Å². The molecule has 0 radical (unpaired) electrons. The number of rotatable bonds is 9. The van der Waals surface area contributed by atoms with E-state index in [1.54, 1.807) is 18.2 Å². The van der Waals surface area contributed by atoms with Gasteiger partial charge in [0.25, 0.3) is 5.91 Å². The zero-order chi connectivity index (χ0) is 21.5. The summed E-state index contributed by atoms with van der Waals surface area (Å²) < 4.78 is 5.69. The summed E-state index contributed by atoms with van der Waals surface area (Å²) in [5, 5.41) is 5.98. The van der Waals surface area contributed by atoms with Crippen LogP contribution < -0.4 is 15.4 Å². The molecule has 5 nitrogen and oxygen atoms in total. The summed E-state index contributed by atoms with van der Waals surface area (Å²) in [5.41, 5.74) is 2.88. The van der Waals surface area contributed by atoms with Crippen LogP contribution in [-0.2, 0) is 16.0 Å². The van der Waals surface area contributed by atoms with E-state index in [-0.39, 0.29) is 30.4 Å². The number of amides is 2. The molecule has 1 aliphatic carbocycles. The van der Waals surface area contributed by atoms with Crippen molar-refractivity contribution < 1.29 is 14.3 Å². The van der Waals surface area contributed by atoms with Crippen LogP contribution in [0, 0.1) is 5.92 Å². The minimum atomic E-state index is -0.197. The van der Waals surface area contributed by atoms with Gasteiger partial charge in [0, 0.05) is 17.7 Å². The van der Waals surface area contributed by atoms with Crippen molar-refractivity contribution in [3.63, 3.8) is 0 Å². The van der Waals surface area contributed by atoms with Crippen LogP contribution in [0.15, 0.2) is 84.9 Å². The number of benzene rings is 3. The predicted octanol–water partition coefficient (Wildman–Crippen LogP) is 4.51. The summed E-state index contributed by atoms with van der Waals surface area (Å²) in [7, 11) is 0. The summed E-state index contributed by atoms with van der Waals surface area (Å²) in [6, 6.07) is 27.0. The molecule has 1 aliphatic rings. The first-order valence-corrected chi connectivity index (χ1v) is 10.6. The largest absolute Gasteiger partial charge is 0.484 e. The third-order valence-corrected chi connectivity index (χ3v) is 5.24. The fourth-order valence-corrected chi connectivity index (χ4v) is 3.43. The summed E-state index contributed by atoms with van der Waals surface area (Å²) in [5.74, 6) is 0.525. The van der Waals surface area contributed by atoms with E-state index in [1.807, 2.05) is 54.6 Å². The van der Waals surface area contributed by atoms with E-state index in [2.05, 4.69) is 22.8 Å². The molecule has 4 rings (SSSR count). The van der Waals surface area contributed by atoms with Gasteiger partial charge in [0.05, 0.1) is 6.04 Å². The summed E-state index contributed by atoms with van der Waals surface area (Å²) in [4.78, 5) is 24.6. The minimum Gasteiger partial charge on any atom is -0.484 e. The maximum absolute atomic E-state index is 12.6. The average Bonchev–Trinajstić information content (AvgIpc) is 3.65. The number of anilines is 1. The second kappa shape index (κ2) is 9.94. The molecule has 1 saturated carbocycles. The van der Waals surface area contributed by atoms with Crippen LogP contribution in [-0.4, -0.2) is 18.4 Å². The predicted molar refractivity (Wildman–Crippen MR) is 121 cm³/mol. The Morgan fingerprint density at radius 1 is 0.903 bits per heavy atom. The van der Waals surface area contributed by atoms with E-state index in [4.69, 9.17) is 4.74 Å². The van der Waals surface area contributed by atoms with E-state index in [0.717, 1.165) is 24.0 Å². The monoisotopic (exact) mass is 414 g/mol. The second-order valence-electron chi connectivity index (χ2n) is 7.80. The molecule has 31 heavy (non-hydrogen) atoms. The highest BCUT2D eigenvalue weighted by Gasteiger charge is 2.29. The smallest absolute Gasteiger partial charge is 0.258 e. The molecule has 3 aromatic carbocycles. The van der Waals surface area contributed by atoms with Gasteiger partial charge in [-0.25, -0.2) is 0 Å². The van der Waals surface area contributed by atoms with Crippen molar-refractivity contribution in [1.82, 2.24) is 5.32 Å². The van der Waals surface area contributed by atoms with Gasteiger partial charge in [-0.2, -0.15) is 0 Å². The number of hydrogen-bond acceptors (Lipinski definition) is 3. The van der Waals surface area contributed by atoms with Gasteiger partial charge in [-0.15, -0.1) is 0 Å². The van der Waals surface area contributed by atoms with Crippen molar-refractivity contribution >= 4 is 17.5 Å². The summed E-state index contributed by atoms with van der Waals surface area (Å²) >= 11 is 0. The Morgan fingerprint density at radius 2 is 1.61 bits per heavy atom. The van der Waals surface area contributed by atoms with Crippen LogP contribution >= 0.6 is 0 Å². The molecule has 158 valence electrons. The van der Waals surface area contributed by atoms with E-state index in [1.165, 1.54) is 0 Å². The molecule has 0 aliphatic heterocycles. The molecule has 2 N–H and O–H groups in total. The summed E-state index contributed by atoms with van der Waals surface area (Å²) in [6.45, 7) is -0.0991. The molecule has 0 bridgehead atoms. The Labute approximate surface area is 182 Å². The molecular weight excluding hydrogens is 388 g/mol. The third-order valence-electron chi connectivity index (χ3n) is 5.24. The number of carbonyl (C=O) groups is 2. The highest BCUT2D eigenvalue weighted by Crippen LogP contribution is 2.30. The molecule has 1 atom stereocenters. The normalized spacial score (nSPS) is 13.8. The first-order chi connectivity index (χ1) is 15.2. The SMILES string of the molecule is O=C(COc1cccc(NC(=O)C2CC2)c1)NC(Cc1ccccc1)c1ccccc1. The molecule has 3 aromatic rings. The Kier molecular flexibility index (Phi) is 6.62. The molecule has 5 heteroatoms. The first kappa shape index (κ1) is 20.7. The molecular formula is C26H26N2O3. The van der Waals surface area contributed by atoms with Gasteiger partial charge < -0.3 is 15.4 Å². The third kappa shape index (κ3) is 6.19. The quantitative estimate of drug-likeness (QED) is 0.541. The van der Waals surface area contributed by atoms with Crippen molar-refractivity contribution in [2.24, 2.45) is 5.92 Å². The number of hydrogen-bond donors (Lipinski definition) is 2. The lowest BCUT2D eigenvalue weighted by atomic mass is 9.99. The lowest BCUT2D eigenvalue weighted by Crippen LogP contribution is -2.33. The standard InChI is InChI=1S/C26H26N2O3/c29-25(18-31-23-13-7-12-22(17-23)27-26(30)21-14-15-21)28-24(20-10-5-2-6-11-20)16-19-8-3-1-4-9-19/h1-13,17,21,24H,14-16,18H2,(H,27,30)(H,28,29). The second-order valence-corrected chi connectivity index (χ2v) is 7.80. The van der Waals surface area contributed by atoms with Crippen LogP contribution in [0.3, 0.4) is 0 Å². The molecule has 0 spiro atoms. The lowest BCUT2D eigenvalue weighted by molar-refractivity contribution is -0.124. The lowest BCUT2D eigenvalue weighted by Gasteiger charge is -2.20. The van der Waals surface area contributed by atoms with Crippen LogP contribution in [0.25, 0.3) is 0 Å². The number of ether oxygens (including phenoxy) is 1. The van der Waals surface area contributed by atoms with Gasteiger partial charge in [-0.05, 0) is 42.5 Å². The Balaban J connectivity index is 1.36. The van der Waals surface area contributed by atoms with Gasteiger partial charge in [-0.3, -0.25) is 9.59 Å². The molecule has 1 unspecified atom stereocenters. The van der Waals surface area contributed by atoms with E-state index in [9.17, 15) is 9.59 Å².